The Morgan fingerprint density at radius 2 is 2.07 bits per heavy atom. The molecule has 0 atom stereocenters. The molecule has 0 bridgehead atoms. The Bertz CT molecular complexity index is 178. The number of nitrogens with zero attached hydrogens (tertiary/aromatic N) is 1. The third kappa shape index (κ3) is 4.33. The third-order valence-electron chi connectivity index (χ3n) is 2.90. The molecule has 0 amide bonds. The molecule has 0 radical (unpaired) electrons. The van der Waals surface area contributed by atoms with E-state index in [0.717, 1.165) is 18.3 Å². The van der Waals surface area contributed by atoms with E-state index in [1.54, 1.807) is 0 Å². The summed E-state index contributed by atoms with van der Waals surface area (Å²) in [6.45, 7) is 1.05. The highest BCUT2D eigenvalue weighted by Gasteiger charge is 2.17. The molecular formula is C10H21N3S. The van der Waals surface area contributed by atoms with E-state index in [9.17, 15) is 0 Å². The zero-order chi connectivity index (χ0) is 10.4. The second-order valence-electron chi connectivity index (χ2n) is 3.99. The first-order chi connectivity index (χ1) is 6.70. The molecule has 1 fully saturated rings. The summed E-state index contributed by atoms with van der Waals surface area (Å²) in [4.78, 5) is 2.43. The molecule has 1 aliphatic carbocycles. The SMILES string of the molecule is CN(CCSC(=N)N)C1CCCCC1. The van der Waals surface area contributed by atoms with Crippen molar-refractivity contribution in [3.8, 4) is 0 Å². The maximum Gasteiger partial charge on any atom is 0.151 e. The van der Waals surface area contributed by atoms with E-state index in [0.29, 0.717) is 0 Å². The standard InChI is InChI=1S/C10H21N3S/c1-13(7-8-14-10(11)12)9-5-3-2-4-6-9/h9H,2-8H2,1H3,(H3,11,12). The molecule has 3 N–H and O–H groups in total. The van der Waals surface area contributed by atoms with Crippen molar-refractivity contribution in [2.75, 3.05) is 19.3 Å². The van der Waals surface area contributed by atoms with Crippen LogP contribution in [0.2, 0.25) is 0 Å². The quantitative estimate of drug-likeness (QED) is 0.556. The van der Waals surface area contributed by atoms with E-state index < -0.39 is 0 Å². The van der Waals surface area contributed by atoms with Gasteiger partial charge in [0.05, 0.1) is 0 Å². The number of hydrogen-bond donors (Lipinski definition) is 2. The molecule has 0 aromatic rings. The molecule has 0 spiro atoms. The number of rotatable bonds is 4. The Morgan fingerprint density at radius 3 is 2.64 bits per heavy atom. The minimum Gasteiger partial charge on any atom is -0.379 e. The molecule has 0 saturated heterocycles. The minimum atomic E-state index is 0.238. The molecule has 1 rings (SSSR count). The predicted octanol–water partition coefficient (Wildman–Crippen LogP) is 1.88. The summed E-state index contributed by atoms with van der Waals surface area (Å²) in [5, 5.41) is 7.34. The average Bonchev–Trinajstić information content (AvgIpc) is 2.18. The van der Waals surface area contributed by atoms with Crippen LogP contribution in [-0.2, 0) is 0 Å². The highest BCUT2D eigenvalue weighted by atomic mass is 32.2. The lowest BCUT2D eigenvalue weighted by Crippen LogP contribution is -2.35. The van der Waals surface area contributed by atoms with Gasteiger partial charge in [-0.25, -0.2) is 0 Å². The van der Waals surface area contributed by atoms with Crippen molar-refractivity contribution in [1.82, 2.24) is 4.90 Å². The lowest BCUT2D eigenvalue weighted by atomic mass is 9.94. The van der Waals surface area contributed by atoms with E-state index in [4.69, 9.17) is 11.1 Å². The van der Waals surface area contributed by atoms with Crippen LogP contribution in [0.3, 0.4) is 0 Å². The van der Waals surface area contributed by atoms with Crippen LogP contribution < -0.4 is 5.73 Å². The summed E-state index contributed by atoms with van der Waals surface area (Å²) in [7, 11) is 2.19. The Balaban J connectivity index is 2.13. The van der Waals surface area contributed by atoms with Crippen LogP contribution in [-0.4, -0.2) is 35.5 Å². The van der Waals surface area contributed by atoms with Gasteiger partial charge in [-0.15, -0.1) is 0 Å². The highest BCUT2D eigenvalue weighted by Crippen LogP contribution is 2.21. The van der Waals surface area contributed by atoms with E-state index in [1.165, 1.54) is 43.9 Å². The summed E-state index contributed by atoms with van der Waals surface area (Å²) < 4.78 is 0. The molecule has 4 heteroatoms. The number of hydrogen-bond acceptors (Lipinski definition) is 3. The first-order valence-corrected chi connectivity index (χ1v) is 6.36. The first kappa shape index (κ1) is 11.9. The van der Waals surface area contributed by atoms with Crippen molar-refractivity contribution in [2.45, 2.75) is 38.1 Å². The lowest BCUT2D eigenvalue weighted by molar-refractivity contribution is 0.202. The summed E-state index contributed by atoms with van der Waals surface area (Å²) in [6, 6.07) is 0.774. The Labute approximate surface area is 90.9 Å². The fraction of sp³-hybridized carbons (Fsp3) is 0.900. The molecule has 0 unspecified atom stereocenters. The molecule has 0 heterocycles. The van der Waals surface area contributed by atoms with E-state index in [-0.39, 0.29) is 5.17 Å². The van der Waals surface area contributed by atoms with Gasteiger partial charge < -0.3 is 10.6 Å². The van der Waals surface area contributed by atoms with Crippen LogP contribution in [0.5, 0.6) is 0 Å². The minimum absolute atomic E-state index is 0.238. The van der Waals surface area contributed by atoms with Gasteiger partial charge in [-0.05, 0) is 19.9 Å². The van der Waals surface area contributed by atoms with Crippen molar-refractivity contribution >= 4 is 16.9 Å². The molecular weight excluding hydrogens is 194 g/mol. The van der Waals surface area contributed by atoms with Crippen molar-refractivity contribution in [3.63, 3.8) is 0 Å². The van der Waals surface area contributed by atoms with E-state index in [2.05, 4.69) is 11.9 Å². The fourth-order valence-electron chi connectivity index (χ4n) is 2.00. The smallest absolute Gasteiger partial charge is 0.151 e. The maximum absolute atomic E-state index is 7.11. The number of thioether (sulfide) groups is 1. The Hall–Kier alpha value is -0.220. The highest BCUT2D eigenvalue weighted by molar-refractivity contribution is 8.13. The predicted molar refractivity (Wildman–Crippen MR) is 63.9 cm³/mol. The van der Waals surface area contributed by atoms with Crippen LogP contribution in [0, 0.1) is 5.41 Å². The lowest BCUT2D eigenvalue weighted by Gasteiger charge is -2.30. The van der Waals surface area contributed by atoms with Gasteiger partial charge in [0.25, 0.3) is 0 Å². The van der Waals surface area contributed by atoms with Gasteiger partial charge >= 0.3 is 0 Å². The van der Waals surface area contributed by atoms with Crippen LogP contribution in [0.15, 0.2) is 0 Å². The van der Waals surface area contributed by atoms with Crippen molar-refractivity contribution in [2.24, 2.45) is 5.73 Å². The summed E-state index contributed by atoms with van der Waals surface area (Å²) in [5.41, 5.74) is 5.28. The van der Waals surface area contributed by atoms with Crippen LogP contribution >= 0.6 is 11.8 Å². The zero-order valence-corrected chi connectivity index (χ0v) is 9.78. The maximum atomic E-state index is 7.11. The molecule has 82 valence electrons. The summed E-state index contributed by atoms with van der Waals surface area (Å²) in [6.07, 6.45) is 6.87. The molecule has 1 aliphatic rings. The van der Waals surface area contributed by atoms with E-state index >= 15 is 0 Å². The topological polar surface area (TPSA) is 53.1 Å². The number of nitrogens with two attached hydrogens (primary N) is 1. The molecule has 14 heavy (non-hydrogen) atoms. The second kappa shape index (κ2) is 6.30. The van der Waals surface area contributed by atoms with Crippen molar-refractivity contribution in [3.05, 3.63) is 0 Å². The van der Waals surface area contributed by atoms with Crippen LogP contribution in [0.25, 0.3) is 0 Å². The normalized spacial score (nSPS) is 18.7. The number of nitrogens with one attached hydrogen (secondary N) is 1. The van der Waals surface area contributed by atoms with Gasteiger partial charge in [0, 0.05) is 18.3 Å². The largest absolute Gasteiger partial charge is 0.379 e. The van der Waals surface area contributed by atoms with Gasteiger partial charge in [0.1, 0.15) is 0 Å². The van der Waals surface area contributed by atoms with Crippen LogP contribution in [0.4, 0.5) is 0 Å². The summed E-state index contributed by atoms with van der Waals surface area (Å²) in [5.74, 6) is 0.947. The average molecular weight is 215 g/mol. The molecule has 0 aromatic heterocycles. The molecule has 0 aromatic carbocycles. The molecule has 3 nitrogen and oxygen atoms in total. The molecule has 1 saturated carbocycles. The third-order valence-corrected chi connectivity index (χ3v) is 3.60. The van der Waals surface area contributed by atoms with Crippen LogP contribution in [0.1, 0.15) is 32.1 Å². The molecule has 0 aliphatic heterocycles. The zero-order valence-electron chi connectivity index (χ0n) is 8.96. The Morgan fingerprint density at radius 1 is 1.43 bits per heavy atom. The second-order valence-corrected chi connectivity index (χ2v) is 5.12. The monoisotopic (exact) mass is 215 g/mol. The van der Waals surface area contributed by atoms with Crippen molar-refractivity contribution < 1.29 is 0 Å². The van der Waals surface area contributed by atoms with Crippen molar-refractivity contribution in [1.29, 1.82) is 5.41 Å². The van der Waals surface area contributed by atoms with Gasteiger partial charge in [-0.2, -0.15) is 0 Å². The Kier molecular flexibility index (Phi) is 5.33. The number of amidine groups is 1. The van der Waals surface area contributed by atoms with Gasteiger partial charge in [0.2, 0.25) is 0 Å². The summed E-state index contributed by atoms with van der Waals surface area (Å²) >= 11 is 1.44. The fourth-order valence-corrected chi connectivity index (χ4v) is 2.60. The van der Waals surface area contributed by atoms with Gasteiger partial charge in [-0.1, -0.05) is 31.0 Å². The van der Waals surface area contributed by atoms with Gasteiger partial charge in [0.15, 0.2) is 5.17 Å². The van der Waals surface area contributed by atoms with E-state index in [1.807, 2.05) is 0 Å². The van der Waals surface area contributed by atoms with Gasteiger partial charge in [-0.3, -0.25) is 5.41 Å². The first-order valence-electron chi connectivity index (χ1n) is 5.37.